The fraction of sp³-hybridized carbons (Fsp3) is 0.857. The summed E-state index contributed by atoms with van der Waals surface area (Å²) in [5.74, 6) is 1.26. The molecule has 23 heavy (non-hydrogen) atoms. The molecule has 0 radical (unpaired) electrons. The van der Waals surface area contributed by atoms with E-state index in [1.54, 1.807) is 11.4 Å². The molecule has 0 atom stereocenters. The molecule has 0 bridgehead atoms. The lowest BCUT2D eigenvalue weighted by Crippen LogP contribution is -2.41. The van der Waals surface area contributed by atoms with Gasteiger partial charge < -0.3 is 14.0 Å². The molecular formula is C14H25N3O5S. The third-order valence-corrected chi connectivity index (χ3v) is 5.81. The Balaban J connectivity index is 1.73. The second-order valence-electron chi connectivity index (χ2n) is 5.57. The average Bonchev–Trinajstić information content (AvgIpc) is 2.99. The van der Waals surface area contributed by atoms with Crippen molar-refractivity contribution < 1.29 is 22.4 Å². The van der Waals surface area contributed by atoms with Gasteiger partial charge in [-0.3, -0.25) is 0 Å². The second kappa shape index (κ2) is 8.72. The third-order valence-electron chi connectivity index (χ3n) is 3.74. The Labute approximate surface area is 137 Å². The SMILES string of the molecule is CCCS(=O)(=O)N1CCC(OCc2nc(CCOC)no2)CC1. The maximum atomic E-state index is 12.0. The number of hydrogen-bond acceptors (Lipinski definition) is 7. The molecule has 2 rings (SSSR count). The Kier molecular flexibility index (Phi) is 6.94. The van der Waals surface area contributed by atoms with Crippen molar-refractivity contribution in [2.75, 3.05) is 32.6 Å². The van der Waals surface area contributed by atoms with E-state index < -0.39 is 10.0 Å². The number of hydrogen-bond donors (Lipinski definition) is 0. The molecule has 8 nitrogen and oxygen atoms in total. The molecule has 1 aliphatic heterocycles. The number of ether oxygens (including phenoxy) is 2. The summed E-state index contributed by atoms with van der Waals surface area (Å²) in [7, 11) is -1.48. The van der Waals surface area contributed by atoms with E-state index in [0.29, 0.717) is 57.1 Å². The van der Waals surface area contributed by atoms with Crippen LogP contribution in [0.3, 0.4) is 0 Å². The quantitative estimate of drug-likeness (QED) is 0.657. The molecule has 0 spiro atoms. The highest BCUT2D eigenvalue weighted by Gasteiger charge is 2.27. The van der Waals surface area contributed by atoms with E-state index in [1.807, 2.05) is 6.92 Å². The van der Waals surface area contributed by atoms with Gasteiger partial charge in [0.1, 0.15) is 6.61 Å². The number of aromatic nitrogens is 2. The Morgan fingerprint density at radius 2 is 2.09 bits per heavy atom. The lowest BCUT2D eigenvalue weighted by Gasteiger charge is -2.30. The highest BCUT2D eigenvalue weighted by molar-refractivity contribution is 7.89. The van der Waals surface area contributed by atoms with Crippen LogP contribution in [0.5, 0.6) is 0 Å². The molecule has 1 aromatic heterocycles. The molecule has 0 unspecified atom stereocenters. The van der Waals surface area contributed by atoms with Crippen LogP contribution in [0.15, 0.2) is 4.52 Å². The van der Waals surface area contributed by atoms with Gasteiger partial charge in [-0.2, -0.15) is 4.98 Å². The monoisotopic (exact) mass is 347 g/mol. The van der Waals surface area contributed by atoms with Crippen LogP contribution in [0.2, 0.25) is 0 Å². The van der Waals surface area contributed by atoms with E-state index in [4.69, 9.17) is 14.0 Å². The van der Waals surface area contributed by atoms with Gasteiger partial charge in [0.2, 0.25) is 10.0 Å². The summed E-state index contributed by atoms with van der Waals surface area (Å²) in [5.41, 5.74) is 0. The Morgan fingerprint density at radius 1 is 1.35 bits per heavy atom. The minimum absolute atomic E-state index is 0.0254. The summed E-state index contributed by atoms with van der Waals surface area (Å²) in [5, 5.41) is 3.85. The number of methoxy groups -OCH3 is 1. The number of rotatable bonds is 9. The molecule has 1 fully saturated rings. The van der Waals surface area contributed by atoms with E-state index >= 15 is 0 Å². The standard InChI is InChI=1S/C14H25N3O5S/c1-3-10-23(18,19)17-7-4-12(5-8-17)21-11-14-15-13(16-22-14)6-9-20-2/h12H,3-11H2,1-2H3. The van der Waals surface area contributed by atoms with E-state index in [2.05, 4.69) is 10.1 Å². The van der Waals surface area contributed by atoms with Gasteiger partial charge in [-0.15, -0.1) is 0 Å². The molecule has 0 saturated carbocycles. The van der Waals surface area contributed by atoms with Gasteiger partial charge in [-0.1, -0.05) is 12.1 Å². The van der Waals surface area contributed by atoms with Crippen LogP contribution in [-0.4, -0.2) is 61.5 Å². The first kappa shape index (κ1) is 18.3. The second-order valence-corrected chi connectivity index (χ2v) is 7.66. The molecule has 132 valence electrons. The van der Waals surface area contributed by atoms with Crippen molar-refractivity contribution in [2.45, 2.75) is 45.3 Å². The van der Waals surface area contributed by atoms with E-state index in [0.717, 1.165) is 0 Å². The van der Waals surface area contributed by atoms with Gasteiger partial charge >= 0.3 is 0 Å². The van der Waals surface area contributed by atoms with Crippen LogP contribution < -0.4 is 0 Å². The summed E-state index contributed by atoms with van der Waals surface area (Å²) in [6.07, 6.45) is 2.65. The first-order valence-electron chi connectivity index (χ1n) is 7.95. The fourth-order valence-corrected chi connectivity index (χ4v) is 4.04. The van der Waals surface area contributed by atoms with Crippen LogP contribution in [0.4, 0.5) is 0 Å². The smallest absolute Gasteiger partial charge is 0.252 e. The lowest BCUT2D eigenvalue weighted by atomic mass is 10.1. The van der Waals surface area contributed by atoms with Crippen molar-refractivity contribution in [3.63, 3.8) is 0 Å². The van der Waals surface area contributed by atoms with E-state index in [9.17, 15) is 8.42 Å². The van der Waals surface area contributed by atoms with E-state index in [1.165, 1.54) is 0 Å². The summed E-state index contributed by atoms with van der Waals surface area (Å²) >= 11 is 0. The van der Waals surface area contributed by atoms with Crippen molar-refractivity contribution in [1.82, 2.24) is 14.4 Å². The van der Waals surface area contributed by atoms with Crippen molar-refractivity contribution in [1.29, 1.82) is 0 Å². The first-order chi connectivity index (χ1) is 11.0. The zero-order chi connectivity index (χ0) is 16.7. The predicted molar refractivity (Wildman–Crippen MR) is 83.3 cm³/mol. The van der Waals surface area contributed by atoms with Gasteiger partial charge in [0.15, 0.2) is 5.82 Å². The minimum atomic E-state index is -3.10. The zero-order valence-corrected chi connectivity index (χ0v) is 14.5. The molecule has 1 saturated heterocycles. The molecule has 0 aliphatic carbocycles. The van der Waals surface area contributed by atoms with Crippen LogP contribution in [0.25, 0.3) is 0 Å². The van der Waals surface area contributed by atoms with Gasteiger partial charge in [-0.25, -0.2) is 12.7 Å². The molecule has 2 heterocycles. The maximum absolute atomic E-state index is 12.0. The van der Waals surface area contributed by atoms with Crippen molar-refractivity contribution >= 4 is 10.0 Å². The summed E-state index contributed by atoms with van der Waals surface area (Å²) < 4.78 is 41.4. The number of sulfonamides is 1. The Morgan fingerprint density at radius 3 is 2.74 bits per heavy atom. The van der Waals surface area contributed by atoms with Crippen molar-refractivity contribution in [3.05, 3.63) is 11.7 Å². The largest absolute Gasteiger partial charge is 0.384 e. The van der Waals surface area contributed by atoms with Crippen LogP contribution >= 0.6 is 0 Å². The van der Waals surface area contributed by atoms with Crippen molar-refractivity contribution in [3.8, 4) is 0 Å². The predicted octanol–water partition coefficient (Wildman–Crippen LogP) is 0.979. The summed E-state index contributed by atoms with van der Waals surface area (Å²) in [4.78, 5) is 4.22. The van der Waals surface area contributed by atoms with Crippen LogP contribution in [-0.2, 0) is 32.5 Å². The van der Waals surface area contributed by atoms with E-state index in [-0.39, 0.29) is 18.5 Å². The lowest BCUT2D eigenvalue weighted by molar-refractivity contribution is -0.00118. The molecule has 0 amide bonds. The van der Waals surface area contributed by atoms with Gasteiger partial charge in [0.25, 0.3) is 5.89 Å². The average molecular weight is 347 g/mol. The molecule has 1 aromatic rings. The first-order valence-corrected chi connectivity index (χ1v) is 9.56. The number of nitrogens with zero attached hydrogens (tertiary/aromatic N) is 3. The highest BCUT2D eigenvalue weighted by Crippen LogP contribution is 2.18. The Hall–Kier alpha value is -1.03. The molecular weight excluding hydrogens is 322 g/mol. The van der Waals surface area contributed by atoms with Crippen LogP contribution in [0, 0.1) is 0 Å². The maximum Gasteiger partial charge on any atom is 0.252 e. The highest BCUT2D eigenvalue weighted by atomic mass is 32.2. The van der Waals surface area contributed by atoms with Crippen molar-refractivity contribution in [2.24, 2.45) is 0 Å². The topological polar surface area (TPSA) is 94.8 Å². The Bertz CT molecular complexity index is 567. The minimum Gasteiger partial charge on any atom is -0.384 e. The molecule has 0 N–H and O–H groups in total. The molecule has 0 aromatic carbocycles. The van der Waals surface area contributed by atoms with Crippen LogP contribution in [0.1, 0.15) is 37.9 Å². The third kappa shape index (κ3) is 5.52. The molecule has 1 aliphatic rings. The van der Waals surface area contributed by atoms with Gasteiger partial charge in [0.05, 0.1) is 18.5 Å². The fourth-order valence-electron chi connectivity index (χ4n) is 2.50. The van der Waals surface area contributed by atoms with Gasteiger partial charge in [-0.05, 0) is 19.3 Å². The molecule has 9 heteroatoms. The number of piperidine rings is 1. The summed E-state index contributed by atoms with van der Waals surface area (Å²) in [6, 6.07) is 0. The van der Waals surface area contributed by atoms with Gasteiger partial charge in [0, 0.05) is 26.6 Å². The zero-order valence-electron chi connectivity index (χ0n) is 13.7. The summed E-state index contributed by atoms with van der Waals surface area (Å²) in [6.45, 7) is 3.70. The normalized spacial score (nSPS) is 17.7.